The fourth-order valence-corrected chi connectivity index (χ4v) is 3.23. The lowest BCUT2D eigenvalue weighted by Gasteiger charge is -2.32. The molecular weight excluding hydrogens is 272 g/mol. The lowest BCUT2D eigenvalue weighted by Crippen LogP contribution is -2.40. The Morgan fingerprint density at radius 3 is 2.45 bits per heavy atom. The van der Waals surface area contributed by atoms with E-state index in [-0.39, 0.29) is 11.3 Å². The minimum atomic E-state index is 0.125. The summed E-state index contributed by atoms with van der Waals surface area (Å²) in [5.74, 6) is 0.732. The van der Waals surface area contributed by atoms with Crippen LogP contribution in [0.1, 0.15) is 49.5 Å². The Labute approximate surface area is 135 Å². The van der Waals surface area contributed by atoms with Gasteiger partial charge in [0.05, 0.1) is 0 Å². The number of hydrogen-bond donors (Lipinski definition) is 0. The highest BCUT2D eigenvalue weighted by atomic mass is 16.2. The van der Waals surface area contributed by atoms with Gasteiger partial charge in [-0.25, -0.2) is 0 Å². The Bertz CT molecular complexity index is 501. The molecule has 1 saturated heterocycles. The average Bonchev–Trinajstić information content (AvgIpc) is 2.45. The monoisotopic (exact) mass is 302 g/mol. The van der Waals surface area contributed by atoms with Gasteiger partial charge in [0.15, 0.2) is 0 Å². The van der Waals surface area contributed by atoms with E-state index in [1.54, 1.807) is 0 Å². The summed E-state index contributed by atoms with van der Waals surface area (Å²) in [7, 11) is 4.09. The molecule has 3 heteroatoms. The third-order valence-corrected chi connectivity index (χ3v) is 4.60. The molecule has 1 heterocycles. The number of amides is 1. The second-order valence-corrected chi connectivity index (χ2v) is 7.78. The molecule has 1 unspecified atom stereocenters. The molecule has 3 nitrogen and oxygen atoms in total. The van der Waals surface area contributed by atoms with Crippen LogP contribution in [0.3, 0.4) is 0 Å². The molecule has 1 fully saturated rings. The van der Waals surface area contributed by atoms with E-state index in [0.29, 0.717) is 5.92 Å². The van der Waals surface area contributed by atoms with Crippen LogP contribution in [0.25, 0.3) is 0 Å². The number of nitrogens with zero attached hydrogens (tertiary/aromatic N) is 2. The fourth-order valence-electron chi connectivity index (χ4n) is 3.23. The van der Waals surface area contributed by atoms with E-state index in [4.69, 9.17) is 0 Å². The molecule has 1 aromatic rings. The van der Waals surface area contributed by atoms with E-state index in [9.17, 15) is 4.79 Å². The SMILES string of the molecule is CN1CCCC(CN(C)C(=O)c2ccc(C(C)(C)C)cc2)C1. The summed E-state index contributed by atoms with van der Waals surface area (Å²) in [5.41, 5.74) is 2.18. The lowest BCUT2D eigenvalue weighted by atomic mass is 9.86. The molecule has 0 aromatic heterocycles. The molecule has 0 radical (unpaired) electrons. The standard InChI is InChI=1S/C19H30N2O/c1-19(2,3)17-10-8-16(9-11-17)18(22)21(5)14-15-7-6-12-20(4)13-15/h8-11,15H,6-7,12-14H2,1-5H3. The number of piperidine rings is 1. The Balaban J connectivity index is 1.98. The predicted octanol–water partition coefficient (Wildman–Crippen LogP) is 3.40. The molecular formula is C19H30N2O. The topological polar surface area (TPSA) is 23.6 Å². The van der Waals surface area contributed by atoms with Crippen molar-refractivity contribution in [1.29, 1.82) is 0 Å². The maximum absolute atomic E-state index is 12.6. The van der Waals surface area contributed by atoms with E-state index in [0.717, 1.165) is 18.7 Å². The van der Waals surface area contributed by atoms with Crippen molar-refractivity contribution in [3.05, 3.63) is 35.4 Å². The minimum Gasteiger partial charge on any atom is -0.341 e. The molecule has 122 valence electrons. The maximum Gasteiger partial charge on any atom is 0.253 e. The molecule has 1 aromatic carbocycles. The highest BCUT2D eigenvalue weighted by molar-refractivity contribution is 5.94. The van der Waals surface area contributed by atoms with Crippen LogP contribution in [0.5, 0.6) is 0 Å². The van der Waals surface area contributed by atoms with Gasteiger partial charge in [-0.05, 0) is 55.5 Å². The third kappa shape index (κ3) is 4.33. The van der Waals surface area contributed by atoms with Gasteiger partial charge in [0.2, 0.25) is 0 Å². The largest absolute Gasteiger partial charge is 0.341 e. The Morgan fingerprint density at radius 1 is 1.27 bits per heavy atom. The van der Waals surface area contributed by atoms with Crippen molar-refractivity contribution in [2.75, 3.05) is 33.7 Å². The van der Waals surface area contributed by atoms with Crippen LogP contribution in [-0.2, 0) is 5.41 Å². The van der Waals surface area contributed by atoms with E-state index in [1.807, 2.05) is 24.1 Å². The summed E-state index contributed by atoms with van der Waals surface area (Å²) >= 11 is 0. The Morgan fingerprint density at radius 2 is 1.91 bits per heavy atom. The summed E-state index contributed by atoms with van der Waals surface area (Å²) in [4.78, 5) is 16.8. The Hall–Kier alpha value is -1.35. The molecule has 1 aliphatic rings. The van der Waals surface area contributed by atoms with Crippen LogP contribution in [0.15, 0.2) is 24.3 Å². The zero-order chi connectivity index (χ0) is 16.3. The number of hydrogen-bond acceptors (Lipinski definition) is 2. The van der Waals surface area contributed by atoms with Crippen molar-refractivity contribution in [2.45, 2.75) is 39.0 Å². The predicted molar refractivity (Wildman–Crippen MR) is 92.3 cm³/mol. The van der Waals surface area contributed by atoms with Gasteiger partial charge in [0.25, 0.3) is 5.91 Å². The van der Waals surface area contributed by atoms with Gasteiger partial charge < -0.3 is 9.80 Å². The minimum absolute atomic E-state index is 0.125. The van der Waals surface area contributed by atoms with Crippen molar-refractivity contribution in [3.8, 4) is 0 Å². The highest BCUT2D eigenvalue weighted by Crippen LogP contribution is 2.23. The number of likely N-dealkylation sites (tertiary alicyclic amines) is 1. The molecule has 1 atom stereocenters. The first-order valence-electron chi connectivity index (χ1n) is 8.32. The van der Waals surface area contributed by atoms with Gasteiger partial charge in [-0.2, -0.15) is 0 Å². The summed E-state index contributed by atoms with van der Waals surface area (Å²) < 4.78 is 0. The average molecular weight is 302 g/mol. The van der Waals surface area contributed by atoms with Gasteiger partial charge in [0.1, 0.15) is 0 Å². The summed E-state index contributed by atoms with van der Waals surface area (Å²) in [5, 5.41) is 0. The van der Waals surface area contributed by atoms with Crippen LogP contribution in [-0.4, -0.2) is 49.4 Å². The highest BCUT2D eigenvalue weighted by Gasteiger charge is 2.22. The van der Waals surface area contributed by atoms with Crippen LogP contribution in [0.2, 0.25) is 0 Å². The van der Waals surface area contributed by atoms with E-state index < -0.39 is 0 Å². The van der Waals surface area contributed by atoms with Crippen molar-refractivity contribution >= 4 is 5.91 Å². The number of rotatable bonds is 3. The first-order chi connectivity index (χ1) is 10.3. The summed E-state index contributed by atoms with van der Waals surface area (Å²) in [6.45, 7) is 9.70. The van der Waals surface area contributed by atoms with Crippen LogP contribution in [0.4, 0.5) is 0 Å². The smallest absolute Gasteiger partial charge is 0.253 e. The van der Waals surface area contributed by atoms with Gasteiger partial charge in [-0.3, -0.25) is 4.79 Å². The van der Waals surface area contributed by atoms with Crippen LogP contribution < -0.4 is 0 Å². The number of carbonyl (C=O) groups excluding carboxylic acids is 1. The quantitative estimate of drug-likeness (QED) is 0.854. The molecule has 22 heavy (non-hydrogen) atoms. The van der Waals surface area contributed by atoms with E-state index in [1.165, 1.54) is 24.9 Å². The lowest BCUT2D eigenvalue weighted by molar-refractivity contribution is 0.0741. The van der Waals surface area contributed by atoms with Gasteiger partial charge >= 0.3 is 0 Å². The first kappa shape index (κ1) is 17.0. The zero-order valence-corrected chi connectivity index (χ0v) is 14.7. The third-order valence-electron chi connectivity index (χ3n) is 4.60. The second-order valence-electron chi connectivity index (χ2n) is 7.78. The number of carbonyl (C=O) groups is 1. The van der Waals surface area contributed by atoms with Crippen molar-refractivity contribution in [2.24, 2.45) is 5.92 Å². The first-order valence-corrected chi connectivity index (χ1v) is 8.32. The normalized spacial score (nSPS) is 20.0. The number of benzene rings is 1. The molecule has 0 spiro atoms. The van der Waals surface area contributed by atoms with E-state index in [2.05, 4.69) is 44.9 Å². The second kappa shape index (κ2) is 6.82. The summed E-state index contributed by atoms with van der Waals surface area (Å²) in [6, 6.07) is 8.09. The van der Waals surface area contributed by atoms with Crippen molar-refractivity contribution in [3.63, 3.8) is 0 Å². The molecule has 0 aliphatic carbocycles. The maximum atomic E-state index is 12.6. The van der Waals surface area contributed by atoms with Crippen molar-refractivity contribution in [1.82, 2.24) is 9.80 Å². The van der Waals surface area contributed by atoms with Crippen LogP contribution in [0, 0.1) is 5.92 Å². The van der Waals surface area contributed by atoms with Gasteiger partial charge in [0, 0.05) is 25.7 Å². The molecule has 0 bridgehead atoms. The molecule has 0 N–H and O–H groups in total. The van der Waals surface area contributed by atoms with Gasteiger partial charge in [-0.15, -0.1) is 0 Å². The van der Waals surface area contributed by atoms with Crippen molar-refractivity contribution < 1.29 is 4.79 Å². The fraction of sp³-hybridized carbons (Fsp3) is 0.632. The molecule has 1 aliphatic heterocycles. The molecule has 2 rings (SSSR count). The summed E-state index contributed by atoms with van der Waals surface area (Å²) in [6.07, 6.45) is 2.47. The Kier molecular flexibility index (Phi) is 5.28. The zero-order valence-electron chi connectivity index (χ0n) is 14.7. The van der Waals surface area contributed by atoms with Crippen LogP contribution >= 0.6 is 0 Å². The van der Waals surface area contributed by atoms with E-state index >= 15 is 0 Å². The molecule has 0 saturated carbocycles. The van der Waals surface area contributed by atoms with Gasteiger partial charge in [-0.1, -0.05) is 32.9 Å². The molecule has 1 amide bonds.